The number of nitrogens with zero attached hydrogens (tertiary/aromatic N) is 1. The number of hydrogen-bond acceptors (Lipinski definition) is 3. The molecule has 0 atom stereocenters. The fraction of sp³-hybridized carbons (Fsp3) is 0.467. The van der Waals surface area contributed by atoms with Crippen molar-refractivity contribution in [3.05, 3.63) is 35.9 Å². The number of rotatable bonds is 4. The van der Waals surface area contributed by atoms with Crippen LogP contribution in [0.1, 0.15) is 20.3 Å². The highest BCUT2D eigenvalue weighted by molar-refractivity contribution is 5.50. The van der Waals surface area contributed by atoms with Crippen molar-refractivity contribution in [2.45, 2.75) is 26.4 Å². The molecule has 1 aliphatic heterocycles. The van der Waals surface area contributed by atoms with Crippen LogP contribution in [-0.2, 0) is 0 Å². The molecule has 0 fully saturated rings. The molecule has 3 nitrogen and oxygen atoms in total. The van der Waals surface area contributed by atoms with E-state index in [9.17, 15) is 0 Å². The molecule has 1 aromatic rings. The minimum atomic E-state index is 0.223. The van der Waals surface area contributed by atoms with Crippen molar-refractivity contribution in [3.63, 3.8) is 0 Å². The van der Waals surface area contributed by atoms with E-state index in [2.05, 4.69) is 23.1 Å². The zero-order valence-corrected chi connectivity index (χ0v) is 11.2. The van der Waals surface area contributed by atoms with Gasteiger partial charge in [0, 0.05) is 25.3 Å². The summed E-state index contributed by atoms with van der Waals surface area (Å²) < 4.78 is 5.64. The minimum absolute atomic E-state index is 0.223. The number of anilines is 1. The Labute approximate surface area is 109 Å². The van der Waals surface area contributed by atoms with Crippen molar-refractivity contribution in [1.29, 1.82) is 0 Å². The smallest absolute Gasteiger partial charge is 0.119 e. The maximum Gasteiger partial charge on any atom is 0.119 e. The molecule has 0 spiro atoms. The third-order valence-corrected chi connectivity index (χ3v) is 3.14. The van der Waals surface area contributed by atoms with E-state index < -0.39 is 0 Å². The van der Waals surface area contributed by atoms with Gasteiger partial charge < -0.3 is 15.4 Å². The third-order valence-electron chi connectivity index (χ3n) is 3.14. The second-order valence-electron chi connectivity index (χ2n) is 4.92. The molecule has 0 bridgehead atoms. The number of hydrogen-bond donors (Lipinski definition) is 1. The van der Waals surface area contributed by atoms with Crippen LogP contribution in [0.25, 0.3) is 0 Å². The van der Waals surface area contributed by atoms with Crippen LogP contribution in [0.15, 0.2) is 35.9 Å². The zero-order valence-electron chi connectivity index (χ0n) is 11.2. The number of ether oxygens (including phenoxy) is 1. The predicted octanol–water partition coefficient (Wildman–Crippen LogP) is 2.57. The summed E-state index contributed by atoms with van der Waals surface area (Å²) in [6.07, 6.45) is 3.53. The summed E-state index contributed by atoms with van der Waals surface area (Å²) in [6.45, 7) is 6.77. The lowest BCUT2D eigenvalue weighted by Gasteiger charge is -2.28. The van der Waals surface area contributed by atoms with Crippen LogP contribution in [0.2, 0.25) is 0 Å². The molecule has 0 amide bonds. The summed E-state index contributed by atoms with van der Waals surface area (Å²) in [7, 11) is 0. The molecule has 2 N–H and O–H groups in total. The first-order valence-electron chi connectivity index (χ1n) is 6.58. The average Bonchev–Trinajstić information content (AvgIpc) is 2.39. The third kappa shape index (κ3) is 3.26. The zero-order chi connectivity index (χ0) is 13.0. The van der Waals surface area contributed by atoms with Crippen LogP contribution < -0.4 is 15.4 Å². The van der Waals surface area contributed by atoms with Gasteiger partial charge in [-0.25, -0.2) is 0 Å². The van der Waals surface area contributed by atoms with Gasteiger partial charge >= 0.3 is 0 Å². The van der Waals surface area contributed by atoms with Gasteiger partial charge in [-0.15, -0.1) is 0 Å². The number of benzene rings is 1. The Balaban J connectivity index is 2.00. The van der Waals surface area contributed by atoms with Crippen molar-refractivity contribution < 1.29 is 4.74 Å². The van der Waals surface area contributed by atoms with Gasteiger partial charge in [-0.2, -0.15) is 0 Å². The van der Waals surface area contributed by atoms with Crippen LogP contribution >= 0.6 is 0 Å². The molecule has 1 aromatic carbocycles. The molecular weight excluding hydrogens is 224 g/mol. The van der Waals surface area contributed by atoms with Crippen LogP contribution in [0.3, 0.4) is 0 Å². The Hall–Kier alpha value is -1.48. The van der Waals surface area contributed by atoms with Gasteiger partial charge in [-0.1, -0.05) is 11.6 Å². The van der Waals surface area contributed by atoms with Crippen molar-refractivity contribution in [1.82, 2.24) is 0 Å². The molecule has 98 valence electrons. The van der Waals surface area contributed by atoms with Crippen LogP contribution in [0, 0.1) is 0 Å². The largest absolute Gasteiger partial charge is 0.491 e. The second kappa shape index (κ2) is 5.91. The van der Waals surface area contributed by atoms with Crippen LogP contribution in [0.4, 0.5) is 5.69 Å². The minimum Gasteiger partial charge on any atom is -0.491 e. The van der Waals surface area contributed by atoms with Gasteiger partial charge in [-0.05, 0) is 44.5 Å². The van der Waals surface area contributed by atoms with E-state index in [1.54, 1.807) is 0 Å². The van der Waals surface area contributed by atoms with E-state index >= 15 is 0 Å². The summed E-state index contributed by atoms with van der Waals surface area (Å²) in [5.41, 5.74) is 8.27. The van der Waals surface area contributed by atoms with Crippen molar-refractivity contribution in [3.8, 4) is 5.75 Å². The predicted molar refractivity (Wildman–Crippen MR) is 76.2 cm³/mol. The Morgan fingerprint density at radius 3 is 2.50 bits per heavy atom. The van der Waals surface area contributed by atoms with Crippen molar-refractivity contribution >= 4 is 5.69 Å². The van der Waals surface area contributed by atoms with Gasteiger partial charge in [0.05, 0.1) is 6.10 Å². The lowest BCUT2D eigenvalue weighted by Crippen LogP contribution is -2.29. The van der Waals surface area contributed by atoms with E-state index in [1.807, 2.05) is 26.0 Å². The highest BCUT2D eigenvalue weighted by Crippen LogP contribution is 2.22. The van der Waals surface area contributed by atoms with Gasteiger partial charge in [0.25, 0.3) is 0 Å². The highest BCUT2D eigenvalue weighted by atomic mass is 16.5. The molecule has 0 unspecified atom stereocenters. The molecule has 0 radical (unpaired) electrons. The summed E-state index contributed by atoms with van der Waals surface area (Å²) >= 11 is 0. The van der Waals surface area contributed by atoms with Crippen molar-refractivity contribution in [2.75, 3.05) is 24.5 Å². The molecule has 0 aliphatic carbocycles. The van der Waals surface area contributed by atoms with Gasteiger partial charge in [0.2, 0.25) is 0 Å². The topological polar surface area (TPSA) is 38.5 Å². The van der Waals surface area contributed by atoms with Gasteiger partial charge in [0.1, 0.15) is 5.75 Å². The Morgan fingerprint density at radius 2 is 2.00 bits per heavy atom. The maximum absolute atomic E-state index is 5.65. The van der Waals surface area contributed by atoms with E-state index in [0.717, 1.165) is 25.3 Å². The maximum atomic E-state index is 5.65. The lowest BCUT2D eigenvalue weighted by atomic mass is 10.1. The molecule has 1 aliphatic rings. The van der Waals surface area contributed by atoms with Gasteiger partial charge in [0.15, 0.2) is 0 Å². The molecule has 3 heteroatoms. The molecule has 0 saturated heterocycles. The standard InChI is InChI=1S/C15H22N2O/c1-12(2)18-15-5-3-14(4-6-15)17-9-7-13(11-16)8-10-17/h3-7,12H,8-11,16H2,1-2H3. The van der Waals surface area contributed by atoms with Crippen LogP contribution in [0.5, 0.6) is 5.75 Å². The van der Waals surface area contributed by atoms with E-state index in [1.165, 1.54) is 11.3 Å². The molecule has 2 rings (SSSR count). The van der Waals surface area contributed by atoms with Crippen molar-refractivity contribution in [2.24, 2.45) is 5.73 Å². The lowest BCUT2D eigenvalue weighted by molar-refractivity contribution is 0.242. The Morgan fingerprint density at radius 1 is 1.28 bits per heavy atom. The number of nitrogens with two attached hydrogens (primary N) is 1. The summed E-state index contributed by atoms with van der Waals surface area (Å²) in [5.74, 6) is 0.934. The average molecular weight is 246 g/mol. The fourth-order valence-corrected chi connectivity index (χ4v) is 2.14. The summed E-state index contributed by atoms with van der Waals surface area (Å²) in [5, 5.41) is 0. The normalized spacial score (nSPS) is 15.8. The van der Waals surface area contributed by atoms with Gasteiger partial charge in [-0.3, -0.25) is 0 Å². The first-order chi connectivity index (χ1) is 8.69. The van der Waals surface area contributed by atoms with E-state index in [4.69, 9.17) is 10.5 Å². The molecular formula is C15H22N2O. The monoisotopic (exact) mass is 246 g/mol. The highest BCUT2D eigenvalue weighted by Gasteiger charge is 2.11. The Bertz CT molecular complexity index is 409. The quantitative estimate of drug-likeness (QED) is 0.830. The second-order valence-corrected chi connectivity index (χ2v) is 4.92. The molecule has 0 saturated carbocycles. The SMILES string of the molecule is CC(C)Oc1ccc(N2CC=C(CN)CC2)cc1. The first-order valence-corrected chi connectivity index (χ1v) is 6.58. The van der Waals surface area contributed by atoms with E-state index in [-0.39, 0.29) is 6.10 Å². The first kappa shape index (κ1) is 13.0. The molecule has 18 heavy (non-hydrogen) atoms. The fourth-order valence-electron chi connectivity index (χ4n) is 2.14. The molecule has 0 aromatic heterocycles. The van der Waals surface area contributed by atoms with E-state index in [0.29, 0.717) is 6.54 Å². The molecule has 1 heterocycles. The Kier molecular flexibility index (Phi) is 4.26. The summed E-state index contributed by atoms with van der Waals surface area (Å²) in [4.78, 5) is 2.36. The van der Waals surface area contributed by atoms with Crippen LogP contribution in [-0.4, -0.2) is 25.7 Å². The summed E-state index contributed by atoms with van der Waals surface area (Å²) in [6, 6.07) is 8.33.